The molecule has 142 valence electrons. The molecule has 3 rings (SSSR count). The zero-order chi connectivity index (χ0) is 19.1. The SMILES string of the molecule is Cc1cccc(CN=C(NCCc2cccs2)NCc2nnc(C)n2C)c1. The van der Waals surface area contributed by atoms with E-state index in [0.717, 1.165) is 30.6 Å². The molecule has 7 heteroatoms. The molecule has 0 aliphatic rings. The van der Waals surface area contributed by atoms with Crippen molar-refractivity contribution in [2.75, 3.05) is 6.54 Å². The van der Waals surface area contributed by atoms with Crippen LogP contribution in [-0.2, 0) is 26.6 Å². The zero-order valence-corrected chi connectivity index (χ0v) is 16.9. The molecule has 0 radical (unpaired) electrons. The van der Waals surface area contributed by atoms with Crippen molar-refractivity contribution in [3.63, 3.8) is 0 Å². The Labute approximate surface area is 164 Å². The molecule has 0 fully saturated rings. The van der Waals surface area contributed by atoms with Crippen molar-refractivity contribution in [2.24, 2.45) is 12.0 Å². The van der Waals surface area contributed by atoms with E-state index in [1.54, 1.807) is 11.3 Å². The minimum atomic E-state index is 0.579. The van der Waals surface area contributed by atoms with Crippen molar-refractivity contribution in [1.29, 1.82) is 0 Å². The fraction of sp³-hybridized carbons (Fsp3) is 0.350. The predicted molar refractivity (Wildman–Crippen MR) is 111 cm³/mol. The maximum atomic E-state index is 4.75. The second-order valence-corrected chi connectivity index (χ2v) is 7.52. The van der Waals surface area contributed by atoms with E-state index in [0.29, 0.717) is 13.1 Å². The lowest BCUT2D eigenvalue weighted by Gasteiger charge is -2.12. The Kier molecular flexibility index (Phi) is 6.59. The summed E-state index contributed by atoms with van der Waals surface area (Å²) in [4.78, 5) is 6.11. The number of hydrogen-bond donors (Lipinski definition) is 2. The lowest BCUT2D eigenvalue weighted by atomic mass is 10.1. The Morgan fingerprint density at radius 2 is 2.04 bits per heavy atom. The van der Waals surface area contributed by atoms with Crippen molar-refractivity contribution in [3.8, 4) is 0 Å². The summed E-state index contributed by atoms with van der Waals surface area (Å²) < 4.78 is 1.98. The van der Waals surface area contributed by atoms with E-state index < -0.39 is 0 Å². The Morgan fingerprint density at radius 1 is 1.15 bits per heavy atom. The molecule has 0 bridgehead atoms. The highest BCUT2D eigenvalue weighted by Crippen LogP contribution is 2.08. The highest BCUT2D eigenvalue weighted by Gasteiger charge is 2.06. The quantitative estimate of drug-likeness (QED) is 0.487. The first-order chi connectivity index (χ1) is 13.1. The Bertz CT molecular complexity index is 882. The van der Waals surface area contributed by atoms with Gasteiger partial charge in [-0.15, -0.1) is 21.5 Å². The van der Waals surface area contributed by atoms with Crippen LogP contribution >= 0.6 is 11.3 Å². The third-order valence-corrected chi connectivity index (χ3v) is 5.28. The molecule has 0 atom stereocenters. The first-order valence-corrected chi connectivity index (χ1v) is 9.95. The van der Waals surface area contributed by atoms with Gasteiger partial charge in [0.15, 0.2) is 11.8 Å². The first-order valence-electron chi connectivity index (χ1n) is 9.07. The molecule has 0 amide bonds. The van der Waals surface area contributed by atoms with Crippen LogP contribution in [0.4, 0.5) is 0 Å². The summed E-state index contributed by atoms with van der Waals surface area (Å²) in [6, 6.07) is 12.7. The smallest absolute Gasteiger partial charge is 0.191 e. The van der Waals surface area contributed by atoms with Crippen LogP contribution in [0.3, 0.4) is 0 Å². The highest BCUT2D eigenvalue weighted by atomic mass is 32.1. The van der Waals surface area contributed by atoms with Gasteiger partial charge in [0.1, 0.15) is 5.82 Å². The van der Waals surface area contributed by atoms with Crippen LogP contribution in [0.5, 0.6) is 0 Å². The Balaban J connectivity index is 1.63. The Hall–Kier alpha value is -2.67. The van der Waals surface area contributed by atoms with E-state index in [-0.39, 0.29) is 0 Å². The fourth-order valence-corrected chi connectivity index (χ4v) is 3.39. The predicted octanol–water partition coefficient (Wildman–Crippen LogP) is 2.97. The maximum Gasteiger partial charge on any atom is 0.191 e. The number of aromatic nitrogens is 3. The molecule has 27 heavy (non-hydrogen) atoms. The van der Waals surface area contributed by atoms with Crippen molar-refractivity contribution >= 4 is 17.3 Å². The molecule has 0 aliphatic heterocycles. The highest BCUT2D eigenvalue weighted by molar-refractivity contribution is 7.09. The average Bonchev–Trinajstić information content (AvgIpc) is 3.28. The van der Waals surface area contributed by atoms with Gasteiger partial charge in [-0.3, -0.25) is 0 Å². The summed E-state index contributed by atoms with van der Waals surface area (Å²) in [5.74, 6) is 2.57. The average molecular weight is 383 g/mol. The lowest BCUT2D eigenvalue weighted by Crippen LogP contribution is -2.38. The number of hydrogen-bond acceptors (Lipinski definition) is 4. The summed E-state index contributed by atoms with van der Waals surface area (Å²) >= 11 is 1.78. The minimum absolute atomic E-state index is 0.579. The van der Waals surface area contributed by atoms with Gasteiger partial charge in [-0.2, -0.15) is 0 Å². The molecule has 0 saturated carbocycles. The van der Waals surface area contributed by atoms with E-state index in [1.807, 2.05) is 18.5 Å². The molecule has 0 unspecified atom stereocenters. The van der Waals surface area contributed by atoms with Crippen LogP contribution in [0.2, 0.25) is 0 Å². The number of guanidine groups is 1. The molecule has 0 saturated heterocycles. The van der Waals surface area contributed by atoms with Crippen LogP contribution in [-0.4, -0.2) is 27.3 Å². The number of aryl methyl sites for hydroxylation is 2. The number of rotatable bonds is 7. The second-order valence-electron chi connectivity index (χ2n) is 6.49. The van der Waals surface area contributed by atoms with Crippen LogP contribution in [0, 0.1) is 13.8 Å². The van der Waals surface area contributed by atoms with Gasteiger partial charge in [0.05, 0.1) is 13.1 Å². The minimum Gasteiger partial charge on any atom is -0.356 e. The lowest BCUT2D eigenvalue weighted by molar-refractivity contribution is 0.713. The van der Waals surface area contributed by atoms with Crippen LogP contribution < -0.4 is 10.6 Å². The standard InChI is InChI=1S/C20H26N6S/c1-15-6-4-7-17(12-15)13-22-20(21-10-9-18-8-5-11-27-18)23-14-19-25-24-16(2)26(19)3/h4-8,11-12H,9-10,13-14H2,1-3H3,(H2,21,22,23). The zero-order valence-electron chi connectivity index (χ0n) is 16.1. The molecule has 2 aromatic heterocycles. The van der Waals surface area contributed by atoms with Gasteiger partial charge in [0.2, 0.25) is 0 Å². The molecule has 3 aromatic rings. The number of nitrogens with one attached hydrogen (secondary N) is 2. The van der Waals surface area contributed by atoms with E-state index in [4.69, 9.17) is 4.99 Å². The molecular formula is C20H26N6S. The second kappa shape index (κ2) is 9.32. The van der Waals surface area contributed by atoms with Crippen LogP contribution in [0.15, 0.2) is 46.8 Å². The third kappa shape index (κ3) is 5.65. The van der Waals surface area contributed by atoms with Gasteiger partial charge >= 0.3 is 0 Å². The van der Waals surface area contributed by atoms with E-state index in [9.17, 15) is 0 Å². The molecule has 6 nitrogen and oxygen atoms in total. The monoisotopic (exact) mass is 382 g/mol. The summed E-state index contributed by atoms with van der Waals surface area (Å²) in [6.45, 7) is 6.09. The van der Waals surface area contributed by atoms with Crippen molar-refractivity contribution in [2.45, 2.75) is 33.4 Å². The van der Waals surface area contributed by atoms with Gasteiger partial charge in [-0.25, -0.2) is 4.99 Å². The number of nitrogens with zero attached hydrogens (tertiary/aromatic N) is 4. The van der Waals surface area contributed by atoms with E-state index in [1.165, 1.54) is 16.0 Å². The topological polar surface area (TPSA) is 67.1 Å². The van der Waals surface area contributed by atoms with Crippen molar-refractivity contribution in [3.05, 3.63) is 69.4 Å². The molecular weight excluding hydrogens is 356 g/mol. The van der Waals surface area contributed by atoms with Crippen molar-refractivity contribution in [1.82, 2.24) is 25.4 Å². The molecule has 0 aliphatic carbocycles. The molecule has 0 spiro atoms. The van der Waals surface area contributed by atoms with Crippen molar-refractivity contribution < 1.29 is 0 Å². The summed E-state index contributed by atoms with van der Waals surface area (Å²) in [5, 5.41) is 17.2. The Morgan fingerprint density at radius 3 is 2.74 bits per heavy atom. The molecule has 2 heterocycles. The summed E-state index contributed by atoms with van der Waals surface area (Å²) in [5.41, 5.74) is 2.45. The molecule has 1 aromatic carbocycles. The largest absolute Gasteiger partial charge is 0.356 e. The van der Waals surface area contributed by atoms with Gasteiger partial charge in [0.25, 0.3) is 0 Å². The van der Waals surface area contributed by atoms with Gasteiger partial charge in [-0.05, 0) is 37.3 Å². The first kappa shape index (κ1) is 19.1. The van der Waals surface area contributed by atoms with E-state index >= 15 is 0 Å². The third-order valence-electron chi connectivity index (χ3n) is 4.34. The summed E-state index contributed by atoms with van der Waals surface area (Å²) in [6.07, 6.45) is 0.978. The van der Waals surface area contributed by atoms with Gasteiger partial charge < -0.3 is 15.2 Å². The summed E-state index contributed by atoms with van der Waals surface area (Å²) in [7, 11) is 1.97. The number of thiophene rings is 1. The normalized spacial score (nSPS) is 11.6. The van der Waals surface area contributed by atoms with Gasteiger partial charge in [0, 0.05) is 18.5 Å². The maximum absolute atomic E-state index is 4.75. The van der Waals surface area contributed by atoms with Crippen LogP contribution in [0.25, 0.3) is 0 Å². The number of aliphatic imine (C=N–C) groups is 1. The van der Waals surface area contributed by atoms with Crippen LogP contribution in [0.1, 0.15) is 27.7 Å². The van der Waals surface area contributed by atoms with Gasteiger partial charge in [-0.1, -0.05) is 35.9 Å². The fourth-order valence-electron chi connectivity index (χ4n) is 2.68. The number of benzene rings is 1. The molecule has 2 N–H and O–H groups in total. The van der Waals surface area contributed by atoms with E-state index in [2.05, 4.69) is 69.5 Å².